The van der Waals surface area contributed by atoms with E-state index in [9.17, 15) is 15.0 Å². The highest BCUT2D eigenvalue weighted by Crippen LogP contribution is 2.14. The van der Waals surface area contributed by atoms with E-state index in [2.05, 4.69) is 13.8 Å². The van der Waals surface area contributed by atoms with Crippen molar-refractivity contribution < 1.29 is 15.0 Å². The number of carbonyl (C=O) groups is 1. The van der Waals surface area contributed by atoms with Gasteiger partial charge < -0.3 is 15.1 Å². The van der Waals surface area contributed by atoms with Crippen molar-refractivity contribution in [1.29, 1.82) is 0 Å². The second kappa shape index (κ2) is 22.1. The Balaban J connectivity index is 3.67. The highest BCUT2D eigenvalue weighted by molar-refractivity contribution is 5.76. The number of rotatable bonds is 22. The minimum atomic E-state index is -0.468. The Hall–Kier alpha value is -0.610. The highest BCUT2D eigenvalue weighted by atomic mass is 16.3. The molecule has 0 bridgehead atoms. The molecule has 0 heterocycles. The van der Waals surface area contributed by atoms with Gasteiger partial charge in [0, 0.05) is 19.5 Å². The van der Waals surface area contributed by atoms with E-state index in [-0.39, 0.29) is 12.5 Å². The summed E-state index contributed by atoms with van der Waals surface area (Å²) < 4.78 is 0. The molecule has 0 aromatic carbocycles. The summed E-state index contributed by atoms with van der Waals surface area (Å²) in [5.74, 6) is 0.0731. The third kappa shape index (κ3) is 19.1. The molecule has 1 amide bonds. The first kappa shape index (κ1) is 28.4. The summed E-state index contributed by atoms with van der Waals surface area (Å²) in [6.45, 7) is 5.09. The van der Waals surface area contributed by atoms with Gasteiger partial charge in [0.25, 0.3) is 0 Å². The van der Waals surface area contributed by atoms with Crippen molar-refractivity contribution in [3.05, 3.63) is 0 Å². The average Bonchev–Trinajstić information content (AvgIpc) is 2.71. The Bertz CT molecular complexity index is 349. The monoisotopic (exact) mass is 413 g/mol. The van der Waals surface area contributed by atoms with Gasteiger partial charge in [0.05, 0.1) is 12.7 Å². The van der Waals surface area contributed by atoms with E-state index in [1.807, 2.05) is 0 Å². The average molecular weight is 414 g/mol. The summed E-state index contributed by atoms with van der Waals surface area (Å²) in [4.78, 5) is 14.0. The fourth-order valence-corrected chi connectivity index (χ4v) is 3.87. The van der Waals surface area contributed by atoms with Gasteiger partial charge in [0.15, 0.2) is 0 Å². The van der Waals surface area contributed by atoms with Crippen LogP contribution in [0.3, 0.4) is 0 Å². The van der Waals surface area contributed by atoms with Crippen molar-refractivity contribution in [3.8, 4) is 0 Å². The lowest BCUT2D eigenvalue weighted by Crippen LogP contribution is -2.39. The van der Waals surface area contributed by atoms with Crippen LogP contribution < -0.4 is 0 Å². The molecule has 0 fully saturated rings. The van der Waals surface area contributed by atoms with E-state index < -0.39 is 6.10 Å². The Morgan fingerprint density at radius 2 is 1.17 bits per heavy atom. The van der Waals surface area contributed by atoms with Gasteiger partial charge in [-0.25, -0.2) is 0 Å². The standard InChI is InChI=1S/C25H51NO3/c1-3-5-7-9-10-11-12-13-14-15-16-17-19-24(28)23-26(21-22-27)25(29)20-18-8-6-4-2/h24,27-28H,3-23H2,1-2H3. The van der Waals surface area contributed by atoms with E-state index in [1.54, 1.807) is 4.90 Å². The van der Waals surface area contributed by atoms with Crippen molar-refractivity contribution in [3.63, 3.8) is 0 Å². The molecule has 174 valence electrons. The van der Waals surface area contributed by atoms with E-state index in [0.29, 0.717) is 19.5 Å². The third-order valence-electron chi connectivity index (χ3n) is 5.79. The van der Waals surface area contributed by atoms with Gasteiger partial charge >= 0.3 is 0 Å². The molecule has 0 saturated heterocycles. The number of hydrogen-bond acceptors (Lipinski definition) is 3. The summed E-state index contributed by atoms with van der Waals surface area (Å²) in [7, 11) is 0. The van der Waals surface area contributed by atoms with Gasteiger partial charge in [-0.15, -0.1) is 0 Å². The maximum absolute atomic E-state index is 12.3. The summed E-state index contributed by atoms with van der Waals surface area (Å²) >= 11 is 0. The fourth-order valence-electron chi connectivity index (χ4n) is 3.87. The zero-order chi connectivity index (χ0) is 21.6. The maximum atomic E-state index is 12.3. The number of hydrogen-bond donors (Lipinski definition) is 2. The zero-order valence-electron chi connectivity index (χ0n) is 19.7. The molecule has 0 rings (SSSR count). The molecule has 1 unspecified atom stereocenters. The SMILES string of the molecule is CCCCCCCCCCCCCCC(O)CN(CCO)C(=O)CCCCCC. The van der Waals surface area contributed by atoms with E-state index in [1.165, 1.54) is 70.6 Å². The number of nitrogens with zero attached hydrogens (tertiary/aromatic N) is 1. The van der Waals surface area contributed by atoms with Crippen LogP contribution in [0, 0.1) is 0 Å². The third-order valence-corrected chi connectivity index (χ3v) is 5.79. The lowest BCUT2D eigenvalue weighted by Gasteiger charge is -2.25. The molecule has 29 heavy (non-hydrogen) atoms. The van der Waals surface area contributed by atoms with Crippen LogP contribution in [0.25, 0.3) is 0 Å². The van der Waals surface area contributed by atoms with Crippen molar-refractivity contribution in [2.45, 2.75) is 136 Å². The number of carbonyl (C=O) groups excluding carboxylic acids is 1. The van der Waals surface area contributed by atoms with Crippen LogP contribution in [-0.2, 0) is 4.79 Å². The quantitative estimate of drug-likeness (QED) is 0.207. The topological polar surface area (TPSA) is 60.8 Å². The van der Waals surface area contributed by atoms with Crippen LogP contribution in [0.1, 0.15) is 129 Å². The minimum absolute atomic E-state index is 0.0357. The largest absolute Gasteiger partial charge is 0.395 e. The molecule has 0 aliphatic heterocycles. The summed E-state index contributed by atoms with van der Waals surface area (Å²) in [5.41, 5.74) is 0. The normalized spacial score (nSPS) is 12.3. The number of aliphatic hydroxyl groups is 2. The Labute approximate surface area is 181 Å². The zero-order valence-corrected chi connectivity index (χ0v) is 19.7. The summed E-state index contributed by atoms with van der Waals surface area (Å²) in [6, 6.07) is 0. The fraction of sp³-hybridized carbons (Fsp3) is 0.960. The Morgan fingerprint density at radius 3 is 1.66 bits per heavy atom. The molecule has 0 aliphatic carbocycles. The van der Waals surface area contributed by atoms with Gasteiger partial charge in [-0.3, -0.25) is 4.79 Å². The molecule has 4 heteroatoms. The van der Waals surface area contributed by atoms with Crippen LogP contribution in [0.5, 0.6) is 0 Å². The van der Waals surface area contributed by atoms with Crippen LogP contribution >= 0.6 is 0 Å². The smallest absolute Gasteiger partial charge is 0.222 e. The van der Waals surface area contributed by atoms with Crippen molar-refractivity contribution in [1.82, 2.24) is 4.90 Å². The van der Waals surface area contributed by atoms with Crippen LogP contribution in [-0.4, -0.2) is 46.8 Å². The maximum Gasteiger partial charge on any atom is 0.222 e. The molecule has 4 nitrogen and oxygen atoms in total. The first-order chi connectivity index (χ1) is 14.2. The predicted molar refractivity (Wildman–Crippen MR) is 124 cm³/mol. The van der Waals surface area contributed by atoms with E-state index in [4.69, 9.17) is 0 Å². The van der Waals surface area contributed by atoms with Gasteiger partial charge in [-0.05, 0) is 12.8 Å². The van der Waals surface area contributed by atoms with Gasteiger partial charge in [-0.1, -0.05) is 110 Å². The predicted octanol–water partition coefficient (Wildman–Crippen LogP) is 6.23. The van der Waals surface area contributed by atoms with E-state index in [0.717, 1.165) is 38.5 Å². The van der Waals surface area contributed by atoms with Crippen molar-refractivity contribution in [2.24, 2.45) is 0 Å². The minimum Gasteiger partial charge on any atom is -0.395 e. The van der Waals surface area contributed by atoms with Gasteiger partial charge in [0.1, 0.15) is 0 Å². The summed E-state index contributed by atoms with van der Waals surface area (Å²) in [6.07, 6.45) is 20.9. The Kier molecular flexibility index (Phi) is 21.6. The number of amides is 1. The summed E-state index contributed by atoms with van der Waals surface area (Å²) in [5, 5.41) is 19.5. The first-order valence-electron chi connectivity index (χ1n) is 12.7. The molecular weight excluding hydrogens is 362 g/mol. The molecule has 0 saturated carbocycles. The molecule has 0 aliphatic rings. The van der Waals surface area contributed by atoms with Crippen LogP contribution in [0.15, 0.2) is 0 Å². The molecule has 0 spiro atoms. The molecular formula is C25H51NO3. The molecule has 0 aromatic heterocycles. The Morgan fingerprint density at radius 1 is 0.724 bits per heavy atom. The van der Waals surface area contributed by atoms with Gasteiger partial charge in [-0.2, -0.15) is 0 Å². The highest BCUT2D eigenvalue weighted by Gasteiger charge is 2.16. The number of unbranched alkanes of at least 4 members (excludes halogenated alkanes) is 14. The van der Waals surface area contributed by atoms with Crippen LogP contribution in [0.4, 0.5) is 0 Å². The lowest BCUT2D eigenvalue weighted by atomic mass is 10.0. The van der Waals surface area contributed by atoms with Gasteiger partial charge in [0.2, 0.25) is 5.91 Å². The lowest BCUT2D eigenvalue weighted by molar-refractivity contribution is -0.133. The number of aliphatic hydroxyl groups excluding tert-OH is 2. The molecule has 2 N–H and O–H groups in total. The van der Waals surface area contributed by atoms with Crippen LogP contribution in [0.2, 0.25) is 0 Å². The molecule has 1 atom stereocenters. The molecule has 0 aromatic rings. The first-order valence-corrected chi connectivity index (χ1v) is 12.7. The van der Waals surface area contributed by atoms with E-state index >= 15 is 0 Å². The van der Waals surface area contributed by atoms with Crippen molar-refractivity contribution >= 4 is 5.91 Å². The molecule has 0 radical (unpaired) electrons. The second-order valence-corrected chi connectivity index (χ2v) is 8.71. The second-order valence-electron chi connectivity index (χ2n) is 8.71. The van der Waals surface area contributed by atoms with Crippen molar-refractivity contribution in [2.75, 3.05) is 19.7 Å².